The fourth-order valence-corrected chi connectivity index (χ4v) is 2.70. The normalized spacial score (nSPS) is 11.1. The molecule has 5 nitrogen and oxygen atoms in total. The zero-order chi connectivity index (χ0) is 17.8. The number of H-pyrrole nitrogens is 1. The Hall–Kier alpha value is -3.73. The van der Waals surface area contributed by atoms with Crippen molar-refractivity contribution in [2.75, 3.05) is 5.32 Å². The smallest absolute Gasteiger partial charge is 0.276 e. The minimum atomic E-state index is -0.242. The Labute approximate surface area is 150 Å². The molecular formula is C21H16N4O. The van der Waals surface area contributed by atoms with Crippen LogP contribution in [0.1, 0.15) is 21.7 Å². The predicted molar refractivity (Wildman–Crippen MR) is 104 cm³/mol. The molecule has 0 atom stereocenters. The number of aromatic amines is 1. The number of pyridine rings is 1. The highest BCUT2D eigenvalue weighted by Crippen LogP contribution is 2.18. The molecule has 5 heteroatoms. The minimum absolute atomic E-state index is 0.242. The second-order valence-electron chi connectivity index (χ2n) is 5.79. The lowest BCUT2D eigenvalue weighted by Crippen LogP contribution is -2.12. The third kappa shape index (κ3) is 3.37. The number of fused-ring (bicyclic) bond motifs is 1. The maximum Gasteiger partial charge on any atom is 0.276 e. The summed E-state index contributed by atoms with van der Waals surface area (Å²) in [4.78, 5) is 16.8. The Bertz CT molecular complexity index is 1080. The minimum Gasteiger partial charge on any atom is -0.321 e. The van der Waals surface area contributed by atoms with Gasteiger partial charge in [-0.05, 0) is 42.0 Å². The van der Waals surface area contributed by atoms with Gasteiger partial charge in [0.1, 0.15) is 0 Å². The lowest BCUT2D eigenvalue weighted by Gasteiger charge is -2.04. The zero-order valence-corrected chi connectivity index (χ0v) is 13.9. The van der Waals surface area contributed by atoms with Gasteiger partial charge in [0.2, 0.25) is 0 Å². The van der Waals surface area contributed by atoms with Crippen LogP contribution in [0.25, 0.3) is 23.1 Å². The molecule has 0 aliphatic rings. The van der Waals surface area contributed by atoms with Gasteiger partial charge in [-0.15, -0.1) is 0 Å². The van der Waals surface area contributed by atoms with Gasteiger partial charge in [0.15, 0.2) is 5.69 Å². The first kappa shape index (κ1) is 15.8. The Morgan fingerprint density at radius 1 is 0.962 bits per heavy atom. The summed E-state index contributed by atoms with van der Waals surface area (Å²) in [6.07, 6.45) is 5.65. The molecule has 126 valence electrons. The van der Waals surface area contributed by atoms with Crippen molar-refractivity contribution in [3.05, 3.63) is 89.9 Å². The first-order valence-corrected chi connectivity index (χ1v) is 8.23. The molecule has 0 radical (unpaired) electrons. The van der Waals surface area contributed by atoms with E-state index >= 15 is 0 Å². The molecule has 0 spiro atoms. The van der Waals surface area contributed by atoms with Crippen molar-refractivity contribution < 1.29 is 4.79 Å². The summed E-state index contributed by atoms with van der Waals surface area (Å²) >= 11 is 0. The number of benzene rings is 2. The van der Waals surface area contributed by atoms with Crippen LogP contribution in [0.4, 0.5) is 5.69 Å². The van der Waals surface area contributed by atoms with Crippen LogP contribution in [0.5, 0.6) is 0 Å². The summed E-state index contributed by atoms with van der Waals surface area (Å²) in [7, 11) is 0. The number of nitrogens with zero attached hydrogens (tertiary/aromatic N) is 2. The standard InChI is InChI=1S/C21H16N4O/c26-21(20-18-9-1-2-10-19(18)24-25-20)23-17-8-5-6-15(14-17)11-12-16-7-3-4-13-22-16/h1-14H,(H,23,26)(H,24,25). The van der Waals surface area contributed by atoms with Crippen LogP contribution in [0.3, 0.4) is 0 Å². The maximum atomic E-state index is 12.6. The molecule has 2 heterocycles. The van der Waals surface area contributed by atoms with E-state index in [1.54, 1.807) is 6.20 Å². The van der Waals surface area contributed by atoms with Gasteiger partial charge in [-0.3, -0.25) is 14.9 Å². The molecule has 1 amide bonds. The lowest BCUT2D eigenvalue weighted by molar-refractivity contribution is 0.102. The zero-order valence-electron chi connectivity index (χ0n) is 13.9. The number of anilines is 1. The highest BCUT2D eigenvalue weighted by Gasteiger charge is 2.13. The molecular weight excluding hydrogens is 324 g/mol. The van der Waals surface area contributed by atoms with Crippen LogP contribution in [0.15, 0.2) is 72.9 Å². The van der Waals surface area contributed by atoms with Gasteiger partial charge in [0.05, 0.1) is 11.2 Å². The molecule has 2 aromatic carbocycles. The molecule has 0 aliphatic carbocycles. The van der Waals surface area contributed by atoms with Gasteiger partial charge in [0, 0.05) is 17.3 Å². The summed E-state index contributed by atoms with van der Waals surface area (Å²) in [5.74, 6) is -0.242. The molecule has 0 fully saturated rings. The van der Waals surface area contributed by atoms with Crippen LogP contribution in [-0.2, 0) is 0 Å². The molecule has 4 rings (SSSR count). The van der Waals surface area contributed by atoms with Gasteiger partial charge in [-0.1, -0.05) is 42.5 Å². The Morgan fingerprint density at radius 3 is 2.73 bits per heavy atom. The summed E-state index contributed by atoms with van der Waals surface area (Å²) in [5.41, 5.74) is 3.79. The molecule has 0 unspecified atom stereocenters. The second-order valence-corrected chi connectivity index (χ2v) is 5.79. The molecule has 2 N–H and O–H groups in total. The number of amides is 1. The first-order valence-electron chi connectivity index (χ1n) is 8.23. The highest BCUT2D eigenvalue weighted by atomic mass is 16.1. The van der Waals surface area contributed by atoms with E-state index in [0.717, 1.165) is 22.2 Å². The number of para-hydroxylation sites is 1. The summed E-state index contributed by atoms with van der Waals surface area (Å²) in [5, 5.41) is 10.7. The van der Waals surface area contributed by atoms with Crippen molar-refractivity contribution in [3.8, 4) is 0 Å². The van der Waals surface area contributed by atoms with Crippen molar-refractivity contribution >= 4 is 34.6 Å². The van der Waals surface area contributed by atoms with Crippen LogP contribution in [-0.4, -0.2) is 21.1 Å². The SMILES string of the molecule is O=C(Nc1cccc(C=Cc2ccccn2)c1)c1n[nH]c2ccccc12. The largest absolute Gasteiger partial charge is 0.321 e. The number of nitrogens with one attached hydrogen (secondary N) is 2. The molecule has 0 bridgehead atoms. The topological polar surface area (TPSA) is 70.7 Å². The number of carbonyl (C=O) groups is 1. The van der Waals surface area contributed by atoms with Gasteiger partial charge in [-0.2, -0.15) is 5.10 Å². The number of rotatable bonds is 4. The van der Waals surface area contributed by atoms with E-state index in [1.165, 1.54) is 0 Å². The van der Waals surface area contributed by atoms with Gasteiger partial charge < -0.3 is 5.32 Å². The fraction of sp³-hybridized carbons (Fsp3) is 0. The van der Waals surface area contributed by atoms with Crippen LogP contribution < -0.4 is 5.32 Å². The maximum absolute atomic E-state index is 12.6. The summed E-state index contributed by atoms with van der Waals surface area (Å²) in [6, 6.07) is 20.9. The molecule has 0 saturated heterocycles. The molecule has 2 aromatic heterocycles. The van der Waals surface area contributed by atoms with E-state index in [4.69, 9.17) is 0 Å². The average Bonchev–Trinajstić information content (AvgIpc) is 3.12. The number of carbonyl (C=O) groups excluding carboxylic acids is 1. The Morgan fingerprint density at radius 2 is 1.85 bits per heavy atom. The van der Waals surface area contributed by atoms with Crippen molar-refractivity contribution in [2.45, 2.75) is 0 Å². The highest BCUT2D eigenvalue weighted by molar-refractivity contribution is 6.11. The van der Waals surface area contributed by atoms with Crippen LogP contribution in [0.2, 0.25) is 0 Å². The predicted octanol–water partition coefficient (Wildman–Crippen LogP) is 4.38. The molecule has 26 heavy (non-hydrogen) atoms. The van der Waals surface area contributed by atoms with Crippen molar-refractivity contribution in [3.63, 3.8) is 0 Å². The Kier molecular flexibility index (Phi) is 4.26. The van der Waals surface area contributed by atoms with E-state index < -0.39 is 0 Å². The van der Waals surface area contributed by atoms with Crippen LogP contribution >= 0.6 is 0 Å². The van der Waals surface area contributed by atoms with Gasteiger partial charge in [0.25, 0.3) is 5.91 Å². The summed E-state index contributed by atoms with van der Waals surface area (Å²) in [6.45, 7) is 0. The first-order chi connectivity index (χ1) is 12.8. The van der Waals surface area contributed by atoms with E-state index in [1.807, 2.05) is 78.9 Å². The van der Waals surface area contributed by atoms with Crippen molar-refractivity contribution in [2.24, 2.45) is 0 Å². The Balaban J connectivity index is 1.53. The third-order valence-corrected chi connectivity index (χ3v) is 3.96. The number of hydrogen-bond acceptors (Lipinski definition) is 3. The quantitative estimate of drug-likeness (QED) is 0.579. The fourth-order valence-electron chi connectivity index (χ4n) is 2.70. The van der Waals surface area contributed by atoms with E-state index in [2.05, 4.69) is 20.5 Å². The number of aromatic nitrogens is 3. The molecule has 0 saturated carbocycles. The second kappa shape index (κ2) is 7.03. The van der Waals surface area contributed by atoms with Gasteiger partial charge >= 0.3 is 0 Å². The average molecular weight is 340 g/mol. The van der Waals surface area contributed by atoms with E-state index in [9.17, 15) is 4.79 Å². The van der Waals surface area contributed by atoms with Crippen LogP contribution in [0, 0.1) is 0 Å². The monoisotopic (exact) mass is 340 g/mol. The van der Waals surface area contributed by atoms with E-state index in [0.29, 0.717) is 11.4 Å². The van der Waals surface area contributed by atoms with Crippen molar-refractivity contribution in [1.82, 2.24) is 15.2 Å². The third-order valence-electron chi connectivity index (χ3n) is 3.96. The van der Waals surface area contributed by atoms with E-state index in [-0.39, 0.29) is 5.91 Å². The number of hydrogen-bond donors (Lipinski definition) is 2. The molecule has 0 aliphatic heterocycles. The molecule has 4 aromatic rings. The summed E-state index contributed by atoms with van der Waals surface area (Å²) < 4.78 is 0. The van der Waals surface area contributed by atoms with Gasteiger partial charge in [-0.25, -0.2) is 0 Å². The van der Waals surface area contributed by atoms with Crippen molar-refractivity contribution in [1.29, 1.82) is 0 Å². The lowest BCUT2D eigenvalue weighted by atomic mass is 10.1.